The number of benzene rings is 1. The zero-order valence-electron chi connectivity index (χ0n) is 10.3. The molecule has 3 nitrogen and oxygen atoms in total. The van der Waals surface area contributed by atoms with Crippen molar-refractivity contribution in [2.75, 3.05) is 0 Å². The molecule has 0 amide bonds. The second-order valence-corrected chi connectivity index (χ2v) is 5.58. The number of thiazole rings is 1. The minimum atomic E-state index is -0.952. The molecule has 2 aromatic rings. The van der Waals surface area contributed by atoms with Crippen molar-refractivity contribution in [2.45, 2.75) is 13.3 Å². The third-order valence-corrected chi connectivity index (χ3v) is 3.90. The average Bonchev–Trinajstić information content (AvgIpc) is 2.70. The molecule has 19 heavy (non-hydrogen) atoms. The van der Waals surface area contributed by atoms with E-state index in [1.54, 1.807) is 6.08 Å². The first-order valence-electron chi connectivity index (χ1n) is 5.66. The van der Waals surface area contributed by atoms with Gasteiger partial charge in [-0.2, -0.15) is 0 Å². The Morgan fingerprint density at radius 3 is 2.74 bits per heavy atom. The summed E-state index contributed by atoms with van der Waals surface area (Å²) >= 11 is 7.34. The number of rotatable bonds is 4. The van der Waals surface area contributed by atoms with E-state index in [1.165, 1.54) is 11.3 Å². The first-order chi connectivity index (χ1) is 9.04. The van der Waals surface area contributed by atoms with Crippen molar-refractivity contribution in [2.24, 2.45) is 0 Å². The van der Waals surface area contributed by atoms with E-state index in [0.717, 1.165) is 33.6 Å². The summed E-state index contributed by atoms with van der Waals surface area (Å²) in [5.74, 6) is -0.952. The van der Waals surface area contributed by atoms with E-state index in [0.29, 0.717) is 5.02 Å². The van der Waals surface area contributed by atoms with E-state index in [2.05, 4.69) is 4.98 Å². The molecule has 98 valence electrons. The first kappa shape index (κ1) is 13.8. The maximum atomic E-state index is 10.5. The maximum Gasteiger partial charge on any atom is 0.328 e. The van der Waals surface area contributed by atoms with Crippen LogP contribution in [0.25, 0.3) is 6.08 Å². The van der Waals surface area contributed by atoms with Gasteiger partial charge < -0.3 is 5.11 Å². The van der Waals surface area contributed by atoms with E-state index in [9.17, 15) is 4.79 Å². The summed E-state index contributed by atoms with van der Waals surface area (Å²) in [7, 11) is 0. The van der Waals surface area contributed by atoms with Crippen molar-refractivity contribution in [1.82, 2.24) is 4.98 Å². The lowest BCUT2D eigenvalue weighted by molar-refractivity contribution is -0.131. The molecule has 0 radical (unpaired) electrons. The number of hydrogen-bond acceptors (Lipinski definition) is 3. The van der Waals surface area contributed by atoms with Gasteiger partial charge in [0.15, 0.2) is 0 Å². The van der Waals surface area contributed by atoms with E-state index < -0.39 is 5.97 Å². The largest absolute Gasteiger partial charge is 0.478 e. The van der Waals surface area contributed by atoms with E-state index in [1.807, 2.05) is 31.2 Å². The van der Waals surface area contributed by atoms with Crippen LogP contribution in [-0.4, -0.2) is 16.1 Å². The number of aromatic nitrogens is 1. The van der Waals surface area contributed by atoms with E-state index in [4.69, 9.17) is 16.7 Å². The van der Waals surface area contributed by atoms with Crippen LogP contribution in [0.3, 0.4) is 0 Å². The number of aryl methyl sites for hydroxylation is 1. The van der Waals surface area contributed by atoms with Gasteiger partial charge in [0.25, 0.3) is 0 Å². The van der Waals surface area contributed by atoms with Gasteiger partial charge in [-0.1, -0.05) is 23.7 Å². The molecule has 0 spiro atoms. The van der Waals surface area contributed by atoms with Gasteiger partial charge in [0, 0.05) is 17.5 Å². The van der Waals surface area contributed by atoms with Gasteiger partial charge in [-0.3, -0.25) is 0 Å². The van der Waals surface area contributed by atoms with Gasteiger partial charge in [-0.25, -0.2) is 9.78 Å². The summed E-state index contributed by atoms with van der Waals surface area (Å²) in [4.78, 5) is 15.8. The summed E-state index contributed by atoms with van der Waals surface area (Å²) in [6.07, 6.45) is 3.44. The fourth-order valence-corrected chi connectivity index (χ4v) is 2.75. The molecule has 0 fully saturated rings. The quantitative estimate of drug-likeness (QED) is 0.873. The van der Waals surface area contributed by atoms with Crippen molar-refractivity contribution in [3.8, 4) is 0 Å². The van der Waals surface area contributed by atoms with Gasteiger partial charge in [-0.15, -0.1) is 11.3 Å². The van der Waals surface area contributed by atoms with Crippen molar-refractivity contribution in [1.29, 1.82) is 0 Å². The first-order valence-corrected chi connectivity index (χ1v) is 6.86. The van der Waals surface area contributed by atoms with Gasteiger partial charge >= 0.3 is 5.97 Å². The third-order valence-electron chi connectivity index (χ3n) is 2.52. The van der Waals surface area contributed by atoms with Gasteiger partial charge in [0.1, 0.15) is 0 Å². The standard InChI is InChI=1S/C14H12ClNO2S/c1-9-12(6-7-14(17)18)19-13(16-9)8-10-2-4-11(15)5-3-10/h2-7H,8H2,1H3,(H,17,18)/b7-6+. The van der Waals surface area contributed by atoms with Gasteiger partial charge in [0.05, 0.1) is 15.6 Å². The second kappa shape index (κ2) is 5.99. The smallest absolute Gasteiger partial charge is 0.328 e. The van der Waals surface area contributed by atoms with Crippen LogP contribution in [0, 0.1) is 6.92 Å². The molecule has 0 saturated heterocycles. The van der Waals surface area contributed by atoms with Crippen molar-refractivity contribution in [3.63, 3.8) is 0 Å². The highest BCUT2D eigenvalue weighted by atomic mass is 35.5. The number of halogens is 1. The van der Waals surface area contributed by atoms with Gasteiger partial charge in [-0.05, 0) is 30.7 Å². The molecule has 1 heterocycles. The predicted octanol–water partition coefficient (Wildman–Crippen LogP) is 3.79. The lowest BCUT2D eigenvalue weighted by Crippen LogP contribution is -1.86. The minimum Gasteiger partial charge on any atom is -0.478 e. The Balaban J connectivity index is 2.16. The van der Waals surface area contributed by atoms with Crippen molar-refractivity contribution >= 4 is 35.0 Å². The zero-order chi connectivity index (χ0) is 13.8. The molecular weight excluding hydrogens is 282 g/mol. The average molecular weight is 294 g/mol. The fraction of sp³-hybridized carbons (Fsp3) is 0.143. The number of aliphatic carboxylic acids is 1. The summed E-state index contributed by atoms with van der Waals surface area (Å²) in [6.45, 7) is 1.88. The molecule has 1 aromatic heterocycles. The van der Waals surface area contributed by atoms with Gasteiger partial charge in [0.2, 0.25) is 0 Å². The number of nitrogens with zero attached hydrogens (tertiary/aromatic N) is 1. The summed E-state index contributed by atoms with van der Waals surface area (Å²) in [5, 5.41) is 10.3. The predicted molar refractivity (Wildman–Crippen MR) is 77.8 cm³/mol. The molecule has 0 aliphatic carbocycles. The highest BCUT2D eigenvalue weighted by molar-refractivity contribution is 7.12. The third kappa shape index (κ3) is 3.91. The molecule has 1 aromatic carbocycles. The Kier molecular flexibility index (Phi) is 4.35. The highest BCUT2D eigenvalue weighted by Crippen LogP contribution is 2.22. The van der Waals surface area contributed by atoms with Crippen LogP contribution in [0.5, 0.6) is 0 Å². The molecule has 2 rings (SSSR count). The molecule has 0 aliphatic rings. The number of carboxylic acids is 1. The normalized spacial score (nSPS) is 11.1. The molecule has 0 atom stereocenters. The molecule has 5 heteroatoms. The van der Waals surface area contributed by atoms with Crippen LogP contribution < -0.4 is 0 Å². The van der Waals surface area contributed by atoms with E-state index >= 15 is 0 Å². The van der Waals surface area contributed by atoms with E-state index in [-0.39, 0.29) is 0 Å². The zero-order valence-corrected chi connectivity index (χ0v) is 11.8. The Bertz CT molecular complexity index is 617. The van der Waals surface area contributed by atoms with Crippen molar-refractivity contribution < 1.29 is 9.90 Å². The molecular formula is C14H12ClNO2S. The highest BCUT2D eigenvalue weighted by Gasteiger charge is 2.06. The fourth-order valence-electron chi connectivity index (χ4n) is 1.62. The number of hydrogen-bond donors (Lipinski definition) is 1. The Hall–Kier alpha value is -1.65. The lowest BCUT2D eigenvalue weighted by atomic mass is 10.2. The monoisotopic (exact) mass is 293 g/mol. The summed E-state index contributed by atoms with van der Waals surface area (Å²) in [5.41, 5.74) is 1.98. The maximum absolute atomic E-state index is 10.5. The van der Waals surface area contributed by atoms with Crippen molar-refractivity contribution in [3.05, 3.63) is 56.5 Å². The summed E-state index contributed by atoms with van der Waals surface area (Å²) in [6, 6.07) is 7.63. The van der Waals surface area contributed by atoms with Crippen LogP contribution in [-0.2, 0) is 11.2 Å². The molecule has 0 saturated carbocycles. The Morgan fingerprint density at radius 1 is 1.42 bits per heavy atom. The van der Waals surface area contributed by atoms with Crippen LogP contribution in [0.2, 0.25) is 5.02 Å². The second-order valence-electron chi connectivity index (χ2n) is 4.03. The Morgan fingerprint density at radius 2 is 2.11 bits per heavy atom. The van der Waals surface area contributed by atoms with Crippen LogP contribution in [0.4, 0.5) is 0 Å². The van der Waals surface area contributed by atoms with Crippen LogP contribution >= 0.6 is 22.9 Å². The summed E-state index contributed by atoms with van der Waals surface area (Å²) < 4.78 is 0. The molecule has 0 bridgehead atoms. The molecule has 1 N–H and O–H groups in total. The minimum absolute atomic E-state index is 0.712. The molecule has 0 unspecified atom stereocenters. The van der Waals surface area contributed by atoms with Crippen LogP contribution in [0.1, 0.15) is 21.1 Å². The Labute approximate surface area is 120 Å². The number of carboxylic acid groups (broad SMARTS) is 1. The molecule has 0 aliphatic heterocycles. The topological polar surface area (TPSA) is 50.2 Å². The lowest BCUT2D eigenvalue weighted by Gasteiger charge is -1.97. The SMILES string of the molecule is Cc1nc(Cc2ccc(Cl)cc2)sc1/C=C/C(=O)O. The number of carbonyl (C=O) groups is 1. The van der Waals surface area contributed by atoms with Crippen LogP contribution in [0.15, 0.2) is 30.3 Å².